The van der Waals surface area contributed by atoms with Crippen LogP contribution in [0.5, 0.6) is 0 Å². The number of aryl methyl sites for hydroxylation is 2. The molecule has 0 aliphatic heterocycles. The summed E-state index contributed by atoms with van der Waals surface area (Å²) in [5.41, 5.74) is 2.71. The SMILES string of the molecule is CNC1CCCc2cn(CCC(C)(C)C#N)cc21. The van der Waals surface area contributed by atoms with Crippen LogP contribution >= 0.6 is 0 Å². The monoisotopic (exact) mass is 245 g/mol. The van der Waals surface area contributed by atoms with Crippen molar-refractivity contribution in [3.63, 3.8) is 0 Å². The Hall–Kier alpha value is -1.27. The maximum atomic E-state index is 9.05. The van der Waals surface area contributed by atoms with Crippen molar-refractivity contribution in [2.75, 3.05) is 7.05 Å². The molecule has 18 heavy (non-hydrogen) atoms. The summed E-state index contributed by atoms with van der Waals surface area (Å²) in [6, 6.07) is 2.88. The molecule has 0 fully saturated rings. The van der Waals surface area contributed by atoms with E-state index >= 15 is 0 Å². The fourth-order valence-corrected chi connectivity index (χ4v) is 2.64. The molecule has 1 aromatic rings. The molecule has 1 heterocycles. The van der Waals surface area contributed by atoms with Gasteiger partial charge in [0.1, 0.15) is 0 Å². The van der Waals surface area contributed by atoms with Crippen molar-refractivity contribution in [3.05, 3.63) is 23.5 Å². The van der Waals surface area contributed by atoms with Crippen LogP contribution in [0.4, 0.5) is 0 Å². The zero-order valence-electron chi connectivity index (χ0n) is 11.7. The number of nitriles is 1. The molecule has 1 aliphatic rings. The molecular formula is C15H23N3. The van der Waals surface area contributed by atoms with Gasteiger partial charge in [-0.05, 0) is 57.7 Å². The molecule has 2 rings (SSSR count). The Morgan fingerprint density at radius 1 is 1.50 bits per heavy atom. The lowest BCUT2D eigenvalue weighted by atomic mass is 9.91. The molecule has 0 spiro atoms. The highest BCUT2D eigenvalue weighted by Crippen LogP contribution is 2.30. The molecular weight excluding hydrogens is 222 g/mol. The second-order valence-electron chi connectivity index (χ2n) is 5.96. The van der Waals surface area contributed by atoms with Crippen molar-refractivity contribution in [1.82, 2.24) is 9.88 Å². The zero-order chi connectivity index (χ0) is 13.2. The van der Waals surface area contributed by atoms with Crippen LogP contribution in [0.15, 0.2) is 12.4 Å². The summed E-state index contributed by atoms with van der Waals surface area (Å²) < 4.78 is 2.26. The molecule has 0 aromatic carbocycles. The first kappa shape index (κ1) is 13.2. The Balaban J connectivity index is 2.08. The highest BCUT2D eigenvalue weighted by Gasteiger charge is 2.21. The average Bonchev–Trinajstić information content (AvgIpc) is 2.79. The lowest BCUT2D eigenvalue weighted by molar-refractivity contribution is 0.413. The highest BCUT2D eigenvalue weighted by atomic mass is 15.0. The van der Waals surface area contributed by atoms with Gasteiger partial charge in [0, 0.05) is 25.0 Å². The number of hydrogen-bond donors (Lipinski definition) is 1. The van der Waals surface area contributed by atoms with Crippen LogP contribution < -0.4 is 5.32 Å². The normalized spacial score (nSPS) is 19.3. The lowest BCUT2D eigenvalue weighted by Crippen LogP contribution is -2.20. The molecule has 0 saturated carbocycles. The summed E-state index contributed by atoms with van der Waals surface area (Å²) in [6.07, 6.45) is 9.14. The minimum absolute atomic E-state index is 0.229. The second-order valence-corrected chi connectivity index (χ2v) is 5.96. The van der Waals surface area contributed by atoms with Crippen LogP contribution in [0.3, 0.4) is 0 Å². The van der Waals surface area contributed by atoms with Gasteiger partial charge in [-0.2, -0.15) is 5.26 Å². The predicted molar refractivity (Wildman–Crippen MR) is 73.2 cm³/mol. The third kappa shape index (κ3) is 2.76. The van der Waals surface area contributed by atoms with Gasteiger partial charge < -0.3 is 9.88 Å². The molecule has 3 heteroatoms. The Kier molecular flexibility index (Phi) is 3.77. The van der Waals surface area contributed by atoms with Crippen LogP contribution in [0, 0.1) is 16.7 Å². The van der Waals surface area contributed by atoms with Crippen LogP contribution in [-0.4, -0.2) is 11.6 Å². The van der Waals surface area contributed by atoms with Gasteiger partial charge >= 0.3 is 0 Å². The summed E-state index contributed by atoms with van der Waals surface area (Å²) in [5.74, 6) is 0. The molecule has 1 aliphatic carbocycles. The number of rotatable bonds is 4. The van der Waals surface area contributed by atoms with E-state index in [-0.39, 0.29) is 5.41 Å². The first-order valence-electron chi connectivity index (χ1n) is 6.83. The van der Waals surface area contributed by atoms with Crippen molar-refractivity contribution in [2.45, 2.75) is 52.1 Å². The van der Waals surface area contributed by atoms with Gasteiger partial charge in [-0.15, -0.1) is 0 Å². The van der Waals surface area contributed by atoms with E-state index in [0.717, 1.165) is 13.0 Å². The third-order valence-corrected chi connectivity index (χ3v) is 3.96. The van der Waals surface area contributed by atoms with Crippen LogP contribution in [0.2, 0.25) is 0 Å². The van der Waals surface area contributed by atoms with Crippen molar-refractivity contribution in [1.29, 1.82) is 5.26 Å². The van der Waals surface area contributed by atoms with E-state index in [4.69, 9.17) is 5.26 Å². The fraction of sp³-hybridized carbons (Fsp3) is 0.667. The van der Waals surface area contributed by atoms with E-state index in [1.54, 1.807) is 0 Å². The van der Waals surface area contributed by atoms with Gasteiger partial charge in [0.15, 0.2) is 0 Å². The summed E-state index contributed by atoms with van der Waals surface area (Å²) in [5, 5.41) is 12.4. The van der Waals surface area contributed by atoms with Gasteiger partial charge in [-0.1, -0.05) is 0 Å². The molecule has 1 N–H and O–H groups in total. The van der Waals surface area contributed by atoms with Crippen molar-refractivity contribution >= 4 is 0 Å². The molecule has 0 radical (unpaired) electrons. The van der Waals surface area contributed by atoms with Gasteiger partial charge in [0.25, 0.3) is 0 Å². The lowest BCUT2D eigenvalue weighted by Gasteiger charge is -2.21. The summed E-state index contributed by atoms with van der Waals surface area (Å²) >= 11 is 0. The number of nitrogens with zero attached hydrogens (tertiary/aromatic N) is 2. The van der Waals surface area contributed by atoms with Gasteiger partial charge in [-0.3, -0.25) is 0 Å². The number of hydrogen-bond acceptors (Lipinski definition) is 2. The maximum absolute atomic E-state index is 9.05. The summed E-state index contributed by atoms with van der Waals surface area (Å²) in [6.45, 7) is 4.95. The zero-order valence-corrected chi connectivity index (χ0v) is 11.7. The van der Waals surface area contributed by atoms with E-state index in [2.05, 4.69) is 28.3 Å². The molecule has 1 aromatic heterocycles. The Morgan fingerprint density at radius 2 is 2.28 bits per heavy atom. The van der Waals surface area contributed by atoms with Gasteiger partial charge in [-0.25, -0.2) is 0 Å². The minimum Gasteiger partial charge on any atom is -0.354 e. The van der Waals surface area contributed by atoms with E-state index in [1.165, 1.54) is 30.4 Å². The highest BCUT2D eigenvalue weighted by molar-refractivity contribution is 5.30. The third-order valence-electron chi connectivity index (χ3n) is 3.96. The standard InChI is InChI=1S/C15H23N3/c1-15(2,11-16)7-8-18-9-12-5-4-6-14(17-3)13(12)10-18/h9-10,14,17H,4-8H2,1-3H3. The van der Waals surface area contributed by atoms with E-state index < -0.39 is 0 Å². The second kappa shape index (κ2) is 5.16. The minimum atomic E-state index is -0.229. The maximum Gasteiger partial charge on any atom is 0.0684 e. The molecule has 0 saturated heterocycles. The Bertz CT molecular complexity index is 451. The average molecular weight is 245 g/mol. The van der Waals surface area contributed by atoms with Crippen LogP contribution in [-0.2, 0) is 13.0 Å². The first-order chi connectivity index (χ1) is 8.55. The van der Waals surface area contributed by atoms with E-state index in [1.807, 2.05) is 20.9 Å². The van der Waals surface area contributed by atoms with Crippen LogP contribution in [0.25, 0.3) is 0 Å². The Labute approximate surface area is 110 Å². The molecule has 3 nitrogen and oxygen atoms in total. The van der Waals surface area contributed by atoms with E-state index in [9.17, 15) is 0 Å². The molecule has 98 valence electrons. The van der Waals surface area contributed by atoms with Crippen molar-refractivity contribution in [2.24, 2.45) is 5.41 Å². The number of aromatic nitrogens is 1. The largest absolute Gasteiger partial charge is 0.354 e. The number of nitrogens with one attached hydrogen (secondary N) is 1. The fourth-order valence-electron chi connectivity index (χ4n) is 2.64. The van der Waals surface area contributed by atoms with Crippen molar-refractivity contribution in [3.8, 4) is 6.07 Å². The molecule has 1 atom stereocenters. The quantitative estimate of drug-likeness (QED) is 0.885. The number of fused-ring (bicyclic) bond motifs is 1. The van der Waals surface area contributed by atoms with Gasteiger partial charge in [0.2, 0.25) is 0 Å². The predicted octanol–water partition coefficient (Wildman–Crippen LogP) is 3.02. The summed E-state index contributed by atoms with van der Waals surface area (Å²) in [7, 11) is 2.04. The first-order valence-corrected chi connectivity index (χ1v) is 6.83. The topological polar surface area (TPSA) is 40.8 Å². The molecule has 0 amide bonds. The van der Waals surface area contributed by atoms with Crippen LogP contribution in [0.1, 0.15) is 50.3 Å². The summed E-state index contributed by atoms with van der Waals surface area (Å²) in [4.78, 5) is 0. The van der Waals surface area contributed by atoms with Gasteiger partial charge in [0.05, 0.1) is 11.5 Å². The molecule has 1 unspecified atom stereocenters. The smallest absolute Gasteiger partial charge is 0.0684 e. The Morgan fingerprint density at radius 3 is 2.94 bits per heavy atom. The molecule has 0 bridgehead atoms. The van der Waals surface area contributed by atoms with Crippen molar-refractivity contribution < 1.29 is 0 Å². The van der Waals surface area contributed by atoms with E-state index in [0.29, 0.717) is 6.04 Å².